The van der Waals surface area contributed by atoms with E-state index >= 15 is 0 Å². The third-order valence-electron chi connectivity index (χ3n) is 2.12. The monoisotopic (exact) mass is 241 g/mol. The molecule has 0 radical (unpaired) electrons. The fraction of sp³-hybridized carbons (Fsp3) is 0.889. The number of amidine groups is 1. The van der Waals surface area contributed by atoms with E-state index in [1.165, 1.54) is 0 Å². The van der Waals surface area contributed by atoms with Gasteiger partial charge in [-0.15, -0.1) is 0 Å². The SMILES string of the molecule is CC(CC(=N)N)N(C)CCOCC(F)(F)F. The highest BCUT2D eigenvalue weighted by Crippen LogP contribution is 2.14. The largest absolute Gasteiger partial charge is 0.411 e. The Bertz CT molecular complexity index is 221. The highest BCUT2D eigenvalue weighted by molar-refractivity contribution is 5.77. The predicted molar refractivity (Wildman–Crippen MR) is 55.5 cm³/mol. The van der Waals surface area contributed by atoms with Crippen LogP contribution in [0, 0.1) is 5.41 Å². The van der Waals surface area contributed by atoms with E-state index in [0.717, 1.165) is 0 Å². The molecule has 0 fully saturated rings. The van der Waals surface area contributed by atoms with Crippen molar-refractivity contribution in [3.8, 4) is 0 Å². The van der Waals surface area contributed by atoms with Gasteiger partial charge in [0.15, 0.2) is 0 Å². The van der Waals surface area contributed by atoms with Crippen LogP contribution < -0.4 is 5.73 Å². The Morgan fingerprint density at radius 2 is 2.06 bits per heavy atom. The number of ether oxygens (including phenoxy) is 1. The molecule has 0 heterocycles. The summed E-state index contributed by atoms with van der Waals surface area (Å²) in [5.41, 5.74) is 5.22. The van der Waals surface area contributed by atoms with Crippen molar-refractivity contribution >= 4 is 5.84 Å². The van der Waals surface area contributed by atoms with E-state index in [1.807, 2.05) is 6.92 Å². The Kier molecular flexibility index (Phi) is 6.35. The Balaban J connectivity index is 3.65. The fourth-order valence-electron chi connectivity index (χ4n) is 1.09. The topological polar surface area (TPSA) is 62.3 Å². The highest BCUT2D eigenvalue weighted by Gasteiger charge is 2.27. The van der Waals surface area contributed by atoms with E-state index < -0.39 is 12.8 Å². The van der Waals surface area contributed by atoms with E-state index in [2.05, 4.69) is 4.74 Å². The number of hydrogen-bond donors (Lipinski definition) is 2. The van der Waals surface area contributed by atoms with Crippen LogP contribution in [0.5, 0.6) is 0 Å². The van der Waals surface area contributed by atoms with Crippen LogP contribution in [0.15, 0.2) is 0 Å². The van der Waals surface area contributed by atoms with Crippen molar-refractivity contribution in [3.05, 3.63) is 0 Å². The summed E-state index contributed by atoms with van der Waals surface area (Å²) in [6.07, 6.45) is -3.88. The molecule has 7 heteroatoms. The van der Waals surface area contributed by atoms with Crippen LogP contribution in [0.1, 0.15) is 13.3 Å². The first-order valence-corrected chi connectivity index (χ1v) is 4.90. The maximum Gasteiger partial charge on any atom is 0.411 e. The van der Waals surface area contributed by atoms with Gasteiger partial charge in [0.2, 0.25) is 0 Å². The maximum absolute atomic E-state index is 11.7. The van der Waals surface area contributed by atoms with Gasteiger partial charge in [-0.1, -0.05) is 0 Å². The predicted octanol–water partition coefficient (Wildman–Crippen LogP) is 1.21. The Morgan fingerprint density at radius 3 is 2.50 bits per heavy atom. The minimum Gasteiger partial charge on any atom is -0.388 e. The van der Waals surface area contributed by atoms with E-state index in [0.29, 0.717) is 13.0 Å². The number of hydrogen-bond acceptors (Lipinski definition) is 3. The van der Waals surface area contributed by atoms with E-state index in [9.17, 15) is 13.2 Å². The van der Waals surface area contributed by atoms with Crippen LogP contribution >= 0.6 is 0 Å². The molecular formula is C9H18F3N3O. The van der Waals surface area contributed by atoms with Crippen molar-refractivity contribution < 1.29 is 17.9 Å². The van der Waals surface area contributed by atoms with Gasteiger partial charge < -0.3 is 15.4 Å². The molecule has 0 amide bonds. The first-order chi connectivity index (χ1) is 7.22. The summed E-state index contributed by atoms with van der Waals surface area (Å²) in [4.78, 5) is 1.80. The lowest BCUT2D eigenvalue weighted by molar-refractivity contribution is -0.174. The van der Waals surface area contributed by atoms with Gasteiger partial charge in [0.05, 0.1) is 12.4 Å². The van der Waals surface area contributed by atoms with Gasteiger partial charge in [-0.2, -0.15) is 13.2 Å². The minimum absolute atomic E-state index is 0.0122. The summed E-state index contributed by atoms with van der Waals surface area (Å²) >= 11 is 0. The second kappa shape index (κ2) is 6.70. The molecule has 96 valence electrons. The molecule has 0 bridgehead atoms. The van der Waals surface area contributed by atoms with Crippen molar-refractivity contribution in [1.82, 2.24) is 4.90 Å². The second-order valence-electron chi connectivity index (χ2n) is 3.73. The zero-order chi connectivity index (χ0) is 12.8. The molecule has 0 rings (SSSR count). The standard InChI is InChI=1S/C9H18F3N3O/c1-7(5-8(13)14)15(2)3-4-16-6-9(10,11)12/h7H,3-6H2,1-2H3,(H3,13,14). The molecule has 0 spiro atoms. The quantitative estimate of drug-likeness (QED) is 0.400. The molecule has 0 aromatic carbocycles. The molecule has 0 saturated heterocycles. The molecule has 0 aliphatic rings. The molecule has 0 saturated carbocycles. The third-order valence-corrected chi connectivity index (χ3v) is 2.12. The van der Waals surface area contributed by atoms with Crippen molar-refractivity contribution in [2.24, 2.45) is 5.73 Å². The number of nitrogens with one attached hydrogen (secondary N) is 1. The Morgan fingerprint density at radius 1 is 1.50 bits per heavy atom. The van der Waals surface area contributed by atoms with Gasteiger partial charge in [0, 0.05) is 19.0 Å². The van der Waals surface area contributed by atoms with E-state index in [1.54, 1.807) is 11.9 Å². The number of rotatable bonds is 7. The van der Waals surface area contributed by atoms with Crippen LogP contribution in [0.4, 0.5) is 13.2 Å². The lowest BCUT2D eigenvalue weighted by Gasteiger charge is -2.24. The molecule has 1 atom stereocenters. The summed E-state index contributed by atoms with van der Waals surface area (Å²) in [5, 5.41) is 7.08. The molecule has 16 heavy (non-hydrogen) atoms. The summed E-state index contributed by atoms with van der Waals surface area (Å²) in [7, 11) is 1.75. The molecule has 0 aliphatic heterocycles. The Hall–Kier alpha value is -0.820. The molecular weight excluding hydrogens is 223 g/mol. The van der Waals surface area contributed by atoms with Crippen LogP contribution in [-0.2, 0) is 4.74 Å². The van der Waals surface area contributed by atoms with Gasteiger partial charge in [0.25, 0.3) is 0 Å². The van der Waals surface area contributed by atoms with Crippen molar-refractivity contribution in [2.45, 2.75) is 25.6 Å². The van der Waals surface area contributed by atoms with Gasteiger partial charge >= 0.3 is 6.18 Å². The van der Waals surface area contributed by atoms with Crippen LogP contribution in [-0.4, -0.2) is 49.8 Å². The highest BCUT2D eigenvalue weighted by atomic mass is 19.4. The Labute approximate surface area is 93.1 Å². The smallest absolute Gasteiger partial charge is 0.388 e. The zero-order valence-electron chi connectivity index (χ0n) is 9.47. The molecule has 3 N–H and O–H groups in total. The normalized spacial score (nSPS) is 14.1. The maximum atomic E-state index is 11.7. The fourth-order valence-corrected chi connectivity index (χ4v) is 1.09. The first kappa shape index (κ1) is 15.2. The first-order valence-electron chi connectivity index (χ1n) is 4.90. The van der Waals surface area contributed by atoms with E-state index in [4.69, 9.17) is 11.1 Å². The molecule has 0 aromatic rings. The minimum atomic E-state index is -4.27. The molecule has 0 aliphatic carbocycles. The van der Waals surface area contributed by atoms with Crippen molar-refractivity contribution in [1.29, 1.82) is 5.41 Å². The number of nitrogens with zero attached hydrogens (tertiary/aromatic N) is 1. The van der Waals surface area contributed by atoms with Crippen LogP contribution in [0.2, 0.25) is 0 Å². The average Bonchev–Trinajstić information content (AvgIpc) is 2.09. The van der Waals surface area contributed by atoms with Gasteiger partial charge in [-0.3, -0.25) is 5.41 Å². The van der Waals surface area contributed by atoms with Gasteiger partial charge in [-0.25, -0.2) is 0 Å². The molecule has 1 unspecified atom stereocenters. The van der Waals surface area contributed by atoms with Gasteiger partial charge in [0.1, 0.15) is 6.61 Å². The van der Waals surface area contributed by atoms with Crippen molar-refractivity contribution in [3.63, 3.8) is 0 Å². The van der Waals surface area contributed by atoms with Gasteiger partial charge in [-0.05, 0) is 14.0 Å². The number of alkyl halides is 3. The summed E-state index contributed by atoms with van der Waals surface area (Å²) in [6.45, 7) is 1.02. The second-order valence-corrected chi connectivity index (χ2v) is 3.73. The van der Waals surface area contributed by atoms with Crippen LogP contribution in [0.3, 0.4) is 0 Å². The third kappa shape index (κ3) is 8.49. The zero-order valence-corrected chi connectivity index (χ0v) is 9.47. The van der Waals surface area contributed by atoms with Crippen molar-refractivity contribution in [2.75, 3.05) is 26.8 Å². The summed E-state index contributed by atoms with van der Waals surface area (Å²) in [6, 6.07) is 0.0204. The molecule has 0 aromatic heterocycles. The number of halogens is 3. The average molecular weight is 241 g/mol. The summed E-state index contributed by atoms with van der Waals surface area (Å²) < 4.78 is 39.7. The number of likely N-dealkylation sites (N-methyl/N-ethyl adjacent to an activating group) is 1. The lowest BCUT2D eigenvalue weighted by atomic mass is 10.2. The summed E-state index contributed by atoms with van der Waals surface area (Å²) in [5.74, 6) is 0.0653. The lowest BCUT2D eigenvalue weighted by Crippen LogP contribution is -2.35. The van der Waals surface area contributed by atoms with Crippen LogP contribution in [0.25, 0.3) is 0 Å². The van der Waals surface area contributed by atoms with E-state index in [-0.39, 0.29) is 18.5 Å². The molecule has 4 nitrogen and oxygen atoms in total. The number of nitrogens with two attached hydrogens (primary N) is 1.